The number of primary amides is 1. The third kappa shape index (κ3) is 6.23. The molecule has 1 aromatic rings. The first-order valence-corrected chi connectivity index (χ1v) is 8.77. The van der Waals surface area contributed by atoms with Crippen LogP contribution in [0.25, 0.3) is 0 Å². The quantitative estimate of drug-likeness (QED) is 0.535. The number of halogens is 2. The number of hydrogen-bond donors (Lipinski definition) is 3. The number of nitrogens with one attached hydrogen (secondary N) is 2. The lowest BCUT2D eigenvalue weighted by Crippen LogP contribution is -2.44. The Hall–Kier alpha value is -0.840. The van der Waals surface area contributed by atoms with Crippen molar-refractivity contribution in [3.8, 4) is 0 Å². The first-order chi connectivity index (χ1) is 10.4. The molecule has 1 amide bonds. The van der Waals surface area contributed by atoms with Crippen molar-refractivity contribution >= 4 is 40.7 Å². The average Bonchev–Trinajstić information content (AvgIpc) is 2.88. The minimum atomic E-state index is -3.61. The molecule has 1 aliphatic rings. The maximum atomic E-state index is 12.2. The van der Waals surface area contributed by atoms with Crippen LogP contribution in [0, 0.1) is 0 Å². The predicted molar refractivity (Wildman–Crippen MR) is 97.5 cm³/mol. The molecule has 8 nitrogen and oxygen atoms in total. The molecule has 1 aliphatic heterocycles. The summed E-state index contributed by atoms with van der Waals surface area (Å²) in [7, 11) is -2.02. The van der Waals surface area contributed by atoms with Crippen LogP contribution in [0.2, 0.25) is 0 Å². The molecule has 140 valence electrons. The molecule has 1 aromatic heterocycles. The number of carbonyl (C=O) groups is 1. The van der Waals surface area contributed by atoms with Gasteiger partial charge >= 0.3 is 0 Å². The Bertz CT molecular complexity index is 630. The maximum absolute atomic E-state index is 12.2. The fraction of sp³-hybridized carbons (Fsp3) is 0.615. The molecule has 0 saturated carbocycles. The summed E-state index contributed by atoms with van der Waals surface area (Å²) in [5.74, 6) is -0.650. The summed E-state index contributed by atoms with van der Waals surface area (Å²) in [6.07, 6.45) is 2.13. The van der Waals surface area contributed by atoms with E-state index >= 15 is 0 Å². The molecule has 11 heteroatoms. The van der Waals surface area contributed by atoms with Gasteiger partial charge in [-0.05, 0) is 19.0 Å². The first-order valence-electron chi connectivity index (χ1n) is 7.29. The van der Waals surface area contributed by atoms with Gasteiger partial charge in [0.15, 0.2) is 0 Å². The SMILES string of the molecule is Cl.Cl.Cn1cc(S(=O)(=O)NCCCN2CCNCC2)cc1C(N)=O. The zero-order valence-corrected chi connectivity index (χ0v) is 16.0. The molecule has 0 atom stereocenters. The van der Waals surface area contributed by atoms with Crippen LogP contribution < -0.4 is 15.8 Å². The Balaban J connectivity index is 0.00000264. The Morgan fingerprint density at radius 1 is 1.33 bits per heavy atom. The number of sulfonamides is 1. The number of nitrogens with two attached hydrogens (primary N) is 1. The Morgan fingerprint density at radius 2 is 1.96 bits per heavy atom. The van der Waals surface area contributed by atoms with Crippen molar-refractivity contribution in [2.24, 2.45) is 12.8 Å². The topological polar surface area (TPSA) is 109 Å². The summed E-state index contributed by atoms with van der Waals surface area (Å²) < 4.78 is 28.3. The number of rotatable bonds is 7. The van der Waals surface area contributed by atoms with Gasteiger partial charge in [0, 0.05) is 46.0 Å². The first kappa shape index (κ1) is 23.2. The fourth-order valence-corrected chi connectivity index (χ4v) is 3.60. The molecule has 2 heterocycles. The zero-order valence-electron chi connectivity index (χ0n) is 13.5. The van der Waals surface area contributed by atoms with Crippen LogP contribution in [0.1, 0.15) is 16.9 Å². The van der Waals surface area contributed by atoms with Crippen molar-refractivity contribution in [3.63, 3.8) is 0 Å². The van der Waals surface area contributed by atoms with Crippen molar-refractivity contribution in [1.82, 2.24) is 19.5 Å². The van der Waals surface area contributed by atoms with Crippen molar-refractivity contribution in [2.75, 3.05) is 39.3 Å². The van der Waals surface area contributed by atoms with Crippen LogP contribution in [-0.2, 0) is 17.1 Å². The number of aromatic nitrogens is 1. The Morgan fingerprint density at radius 3 is 2.50 bits per heavy atom. The van der Waals surface area contributed by atoms with E-state index in [1.807, 2.05) is 0 Å². The summed E-state index contributed by atoms with van der Waals surface area (Å²) >= 11 is 0. The van der Waals surface area contributed by atoms with Crippen molar-refractivity contribution in [3.05, 3.63) is 18.0 Å². The normalized spacial score (nSPS) is 15.4. The van der Waals surface area contributed by atoms with E-state index in [1.165, 1.54) is 16.8 Å². The van der Waals surface area contributed by atoms with Crippen LogP contribution in [0.15, 0.2) is 17.2 Å². The van der Waals surface area contributed by atoms with E-state index in [2.05, 4.69) is 14.9 Å². The van der Waals surface area contributed by atoms with E-state index in [-0.39, 0.29) is 35.4 Å². The van der Waals surface area contributed by atoms with Gasteiger partial charge in [0.25, 0.3) is 5.91 Å². The largest absolute Gasteiger partial charge is 0.364 e. The molecular formula is C13H25Cl2N5O3S. The molecule has 1 fully saturated rings. The molecule has 0 spiro atoms. The minimum Gasteiger partial charge on any atom is -0.364 e. The molecule has 24 heavy (non-hydrogen) atoms. The Labute approximate surface area is 155 Å². The van der Waals surface area contributed by atoms with Gasteiger partial charge < -0.3 is 20.5 Å². The van der Waals surface area contributed by atoms with Crippen molar-refractivity contribution < 1.29 is 13.2 Å². The van der Waals surface area contributed by atoms with E-state index < -0.39 is 15.9 Å². The van der Waals surface area contributed by atoms with E-state index in [0.29, 0.717) is 6.54 Å². The third-order valence-electron chi connectivity index (χ3n) is 3.70. The highest BCUT2D eigenvalue weighted by Crippen LogP contribution is 2.12. The number of hydrogen-bond acceptors (Lipinski definition) is 5. The second-order valence-corrected chi connectivity index (χ2v) is 7.15. The number of aryl methyl sites for hydroxylation is 1. The van der Waals surface area contributed by atoms with Crippen LogP contribution in [0.5, 0.6) is 0 Å². The van der Waals surface area contributed by atoms with Crippen molar-refractivity contribution in [2.45, 2.75) is 11.3 Å². The summed E-state index contributed by atoms with van der Waals surface area (Å²) in [5.41, 5.74) is 5.36. The van der Waals surface area contributed by atoms with Crippen LogP contribution in [-0.4, -0.2) is 63.1 Å². The smallest absolute Gasteiger partial charge is 0.265 e. The van der Waals surface area contributed by atoms with Crippen LogP contribution >= 0.6 is 24.8 Å². The number of nitrogens with zero attached hydrogens (tertiary/aromatic N) is 2. The minimum absolute atomic E-state index is 0. The lowest BCUT2D eigenvalue weighted by atomic mass is 10.3. The number of amides is 1. The maximum Gasteiger partial charge on any atom is 0.265 e. The molecule has 0 unspecified atom stereocenters. The van der Waals surface area contributed by atoms with Crippen molar-refractivity contribution in [1.29, 1.82) is 0 Å². The third-order valence-corrected chi connectivity index (χ3v) is 5.12. The van der Waals surface area contributed by atoms with Crippen LogP contribution in [0.4, 0.5) is 0 Å². The van der Waals surface area contributed by atoms with E-state index in [1.54, 1.807) is 7.05 Å². The van der Waals surface area contributed by atoms with Gasteiger partial charge in [-0.25, -0.2) is 13.1 Å². The predicted octanol–water partition coefficient (Wildman–Crippen LogP) is -0.459. The fourth-order valence-electron chi connectivity index (χ4n) is 2.45. The summed E-state index contributed by atoms with van der Waals surface area (Å²) in [4.78, 5) is 13.5. The average molecular weight is 402 g/mol. The van der Waals surface area contributed by atoms with Gasteiger partial charge in [0.05, 0.1) is 0 Å². The lowest BCUT2D eigenvalue weighted by Gasteiger charge is -2.26. The van der Waals surface area contributed by atoms with Crippen LogP contribution in [0.3, 0.4) is 0 Å². The monoisotopic (exact) mass is 401 g/mol. The molecular weight excluding hydrogens is 377 g/mol. The van der Waals surface area contributed by atoms with E-state index in [4.69, 9.17) is 5.73 Å². The second-order valence-electron chi connectivity index (χ2n) is 5.38. The van der Waals surface area contributed by atoms with Gasteiger partial charge in [-0.1, -0.05) is 0 Å². The molecule has 0 bridgehead atoms. The highest BCUT2D eigenvalue weighted by Gasteiger charge is 2.19. The van der Waals surface area contributed by atoms with E-state index in [0.717, 1.165) is 39.1 Å². The van der Waals surface area contributed by atoms with Gasteiger partial charge in [-0.2, -0.15) is 0 Å². The second kappa shape index (κ2) is 10.2. The highest BCUT2D eigenvalue weighted by molar-refractivity contribution is 7.89. The van der Waals surface area contributed by atoms with Gasteiger partial charge in [-0.3, -0.25) is 4.79 Å². The van der Waals surface area contributed by atoms with E-state index in [9.17, 15) is 13.2 Å². The zero-order chi connectivity index (χ0) is 16.2. The molecule has 0 aliphatic carbocycles. The van der Waals surface area contributed by atoms with Gasteiger partial charge in [0.2, 0.25) is 10.0 Å². The summed E-state index contributed by atoms with van der Waals surface area (Å²) in [6, 6.07) is 1.29. The molecule has 1 saturated heterocycles. The number of piperazine rings is 1. The standard InChI is InChI=1S/C13H23N5O3S.2ClH/c1-17-10-11(9-12(17)13(14)19)22(20,21)16-3-2-6-18-7-4-15-5-8-18;;/h9-10,15-16H,2-8H2,1H3,(H2,14,19);2*1H. The molecule has 2 rings (SSSR count). The molecule has 0 radical (unpaired) electrons. The molecule has 0 aromatic carbocycles. The Kier molecular flexibility index (Phi) is 9.86. The number of carbonyl (C=O) groups excluding carboxylic acids is 1. The summed E-state index contributed by atoms with van der Waals surface area (Å²) in [6.45, 7) is 5.18. The molecule has 4 N–H and O–H groups in total. The summed E-state index contributed by atoms with van der Waals surface area (Å²) in [5, 5.41) is 3.27. The van der Waals surface area contributed by atoms with Gasteiger partial charge in [0.1, 0.15) is 10.6 Å². The van der Waals surface area contributed by atoms with Gasteiger partial charge in [-0.15, -0.1) is 24.8 Å². The highest BCUT2D eigenvalue weighted by atomic mass is 35.5. The lowest BCUT2D eigenvalue weighted by molar-refractivity contribution is 0.0992.